The maximum absolute atomic E-state index is 4.80. The first-order valence-corrected chi connectivity index (χ1v) is 4.78. The van der Waals surface area contributed by atoms with Gasteiger partial charge >= 0.3 is 0 Å². The van der Waals surface area contributed by atoms with E-state index in [2.05, 4.69) is 4.98 Å². The Labute approximate surface area is 88.3 Å². The van der Waals surface area contributed by atoms with E-state index in [1.165, 1.54) is 0 Å². The van der Waals surface area contributed by atoms with Crippen LogP contribution in [0.4, 0.5) is 0 Å². The third-order valence-electron chi connectivity index (χ3n) is 1.92. The normalized spacial score (nSPS) is 13.1. The first-order chi connectivity index (χ1) is 7.47. The standard InChI is InChI=1S/C7H6N2.C5H6O/c1-2-5-9-6-4-8-7(9)3-1;1-2-4-6-5-3-1/h1-6H;1-4H,5H2. The van der Waals surface area contributed by atoms with Gasteiger partial charge in [-0.25, -0.2) is 4.98 Å². The summed E-state index contributed by atoms with van der Waals surface area (Å²) in [6.45, 7) is 0.733. The van der Waals surface area contributed by atoms with Crippen molar-refractivity contribution < 1.29 is 4.74 Å². The fraction of sp³-hybridized carbons (Fsp3) is 0.0833. The Balaban J connectivity index is 0.000000124. The Kier molecular flexibility index (Phi) is 3.18. The van der Waals surface area contributed by atoms with E-state index < -0.39 is 0 Å². The van der Waals surface area contributed by atoms with Crippen molar-refractivity contribution >= 4 is 5.65 Å². The van der Waals surface area contributed by atoms with E-state index >= 15 is 0 Å². The van der Waals surface area contributed by atoms with Crippen molar-refractivity contribution in [1.82, 2.24) is 9.38 Å². The number of nitrogens with zero attached hydrogens (tertiary/aromatic N) is 2. The van der Waals surface area contributed by atoms with E-state index in [0.717, 1.165) is 12.3 Å². The van der Waals surface area contributed by atoms with Crippen LogP contribution in [0.2, 0.25) is 0 Å². The first kappa shape index (κ1) is 9.52. The Morgan fingerprint density at radius 3 is 2.80 bits per heavy atom. The molecule has 1 aliphatic rings. The molecule has 3 nitrogen and oxygen atoms in total. The summed E-state index contributed by atoms with van der Waals surface area (Å²) in [5, 5.41) is 0. The molecule has 0 aliphatic carbocycles. The quantitative estimate of drug-likeness (QED) is 0.653. The predicted molar refractivity (Wildman–Crippen MR) is 59.4 cm³/mol. The fourth-order valence-corrected chi connectivity index (χ4v) is 1.21. The minimum Gasteiger partial charge on any atom is -0.497 e. The fourth-order valence-electron chi connectivity index (χ4n) is 1.21. The summed E-state index contributed by atoms with van der Waals surface area (Å²) in [7, 11) is 0. The molecule has 2 aromatic rings. The number of ether oxygens (including phenoxy) is 1. The summed E-state index contributed by atoms with van der Waals surface area (Å²) in [5.41, 5.74) is 0.998. The highest BCUT2D eigenvalue weighted by molar-refractivity contribution is 5.36. The largest absolute Gasteiger partial charge is 0.497 e. The molecule has 0 amide bonds. The smallest absolute Gasteiger partial charge is 0.136 e. The van der Waals surface area contributed by atoms with Crippen molar-refractivity contribution in [3.63, 3.8) is 0 Å². The van der Waals surface area contributed by atoms with Crippen LogP contribution in [0, 0.1) is 0 Å². The van der Waals surface area contributed by atoms with Gasteiger partial charge in [0.2, 0.25) is 0 Å². The van der Waals surface area contributed by atoms with Crippen LogP contribution in [0.3, 0.4) is 0 Å². The van der Waals surface area contributed by atoms with E-state index in [4.69, 9.17) is 4.74 Å². The maximum Gasteiger partial charge on any atom is 0.136 e. The van der Waals surface area contributed by atoms with E-state index in [9.17, 15) is 0 Å². The average Bonchev–Trinajstić information content (AvgIpc) is 2.80. The Hall–Kier alpha value is -2.03. The predicted octanol–water partition coefficient (Wildman–Crippen LogP) is 2.42. The molecule has 0 saturated heterocycles. The third-order valence-corrected chi connectivity index (χ3v) is 1.92. The van der Waals surface area contributed by atoms with Crippen LogP contribution in [0.5, 0.6) is 0 Å². The average molecular weight is 200 g/mol. The number of allylic oxidation sites excluding steroid dienone is 2. The van der Waals surface area contributed by atoms with Gasteiger partial charge < -0.3 is 9.14 Å². The van der Waals surface area contributed by atoms with Crippen LogP contribution in [0.1, 0.15) is 0 Å². The van der Waals surface area contributed by atoms with Crippen molar-refractivity contribution in [2.75, 3.05) is 6.61 Å². The zero-order chi connectivity index (χ0) is 10.3. The summed E-state index contributed by atoms with van der Waals surface area (Å²) in [6.07, 6.45) is 13.2. The second kappa shape index (κ2) is 5.00. The van der Waals surface area contributed by atoms with Crippen molar-refractivity contribution in [3.05, 3.63) is 61.3 Å². The van der Waals surface area contributed by atoms with E-state index in [0.29, 0.717) is 0 Å². The highest BCUT2D eigenvalue weighted by Gasteiger charge is 1.85. The number of hydrogen-bond donors (Lipinski definition) is 0. The van der Waals surface area contributed by atoms with Gasteiger partial charge in [0.15, 0.2) is 0 Å². The third kappa shape index (κ3) is 2.71. The molecule has 0 atom stereocenters. The molecule has 0 aromatic carbocycles. The molecule has 1 aliphatic heterocycles. The van der Waals surface area contributed by atoms with Crippen molar-refractivity contribution in [1.29, 1.82) is 0 Å². The highest BCUT2D eigenvalue weighted by atomic mass is 16.5. The molecule has 0 radical (unpaired) electrons. The summed E-state index contributed by atoms with van der Waals surface area (Å²) >= 11 is 0. The van der Waals surface area contributed by atoms with Gasteiger partial charge in [-0.2, -0.15) is 0 Å². The second-order valence-corrected chi connectivity index (χ2v) is 2.98. The van der Waals surface area contributed by atoms with Crippen LogP contribution < -0.4 is 0 Å². The highest BCUT2D eigenvalue weighted by Crippen LogP contribution is 1.96. The maximum atomic E-state index is 4.80. The number of rotatable bonds is 0. The topological polar surface area (TPSA) is 26.5 Å². The second-order valence-electron chi connectivity index (χ2n) is 2.98. The molecular weight excluding hydrogens is 188 g/mol. The van der Waals surface area contributed by atoms with Crippen molar-refractivity contribution in [2.45, 2.75) is 0 Å². The number of fused-ring (bicyclic) bond motifs is 1. The van der Waals surface area contributed by atoms with Gasteiger partial charge in [-0.15, -0.1) is 0 Å². The van der Waals surface area contributed by atoms with Crippen LogP contribution in [0.15, 0.2) is 61.3 Å². The molecule has 0 bridgehead atoms. The van der Waals surface area contributed by atoms with Crippen LogP contribution >= 0.6 is 0 Å². The van der Waals surface area contributed by atoms with Crippen LogP contribution in [-0.4, -0.2) is 16.0 Å². The van der Waals surface area contributed by atoms with E-state index in [1.807, 2.05) is 53.2 Å². The Bertz CT molecular complexity index is 429. The summed E-state index contributed by atoms with van der Waals surface area (Å²) in [5.74, 6) is 0. The molecule has 0 spiro atoms. The number of aromatic nitrogens is 2. The van der Waals surface area contributed by atoms with Gasteiger partial charge in [0.05, 0.1) is 6.26 Å². The molecule has 3 rings (SSSR count). The lowest BCUT2D eigenvalue weighted by molar-refractivity contribution is 0.286. The van der Waals surface area contributed by atoms with Gasteiger partial charge in [0, 0.05) is 18.6 Å². The van der Waals surface area contributed by atoms with E-state index in [1.54, 1.807) is 12.5 Å². The molecule has 3 heterocycles. The lowest BCUT2D eigenvalue weighted by Crippen LogP contribution is -1.82. The van der Waals surface area contributed by atoms with Gasteiger partial charge in [-0.3, -0.25) is 0 Å². The summed E-state index contributed by atoms with van der Waals surface area (Å²) in [6, 6.07) is 5.93. The molecule has 0 N–H and O–H groups in total. The molecule has 0 saturated carbocycles. The molecule has 76 valence electrons. The van der Waals surface area contributed by atoms with Crippen molar-refractivity contribution in [3.8, 4) is 0 Å². The number of pyridine rings is 1. The first-order valence-electron chi connectivity index (χ1n) is 4.78. The van der Waals surface area contributed by atoms with Gasteiger partial charge in [-0.1, -0.05) is 12.1 Å². The van der Waals surface area contributed by atoms with E-state index in [-0.39, 0.29) is 0 Å². The SMILES string of the molecule is C1=CCOC=C1.c1ccn2ccnc2c1. The summed E-state index contributed by atoms with van der Waals surface area (Å²) < 4.78 is 6.77. The van der Waals surface area contributed by atoms with Gasteiger partial charge in [0.1, 0.15) is 12.3 Å². The van der Waals surface area contributed by atoms with Crippen LogP contribution in [0.25, 0.3) is 5.65 Å². The molecule has 3 heteroatoms. The lowest BCUT2D eigenvalue weighted by Gasteiger charge is -1.94. The molecule has 0 fully saturated rings. The van der Waals surface area contributed by atoms with Gasteiger partial charge in [0.25, 0.3) is 0 Å². The van der Waals surface area contributed by atoms with Crippen molar-refractivity contribution in [2.24, 2.45) is 0 Å². The zero-order valence-corrected chi connectivity index (χ0v) is 8.28. The Morgan fingerprint density at radius 2 is 2.20 bits per heavy atom. The number of imidazole rings is 1. The monoisotopic (exact) mass is 200 g/mol. The molecule has 0 unspecified atom stereocenters. The molecular formula is C12H12N2O. The zero-order valence-electron chi connectivity index (χ0n) is 8.28. The molecule has 2 aromatic heterocycles. The van der Waals surface area contributed by atoms with Crippen LogP contribution in [-0.2, 0) is 4.74 Å². The molecule has 15 heavy (non-hydrogen) atoms. The lowest BCUT2D eigenvalue weighted by atomic mass is 10.5. The minimum atomic E-state index is 0.733. The summed E-state index contributed by atoms with van der Waals surface area (Å²) in [4.78, 5) is 4.08. The van der Waals surface area contributed by atoms with Gasteiger partial charge in [-0.05, 0) is 24.3 Å². The minimum absolute atomic E-state index is 0.733. The number of hydrogen-bond acceptors (Lipinski definition) is 2. The Morgan fingerprint density at radius 1 is 1.20 bits per heavy atom.